The maximum atomic E-state index is 3.58. The van der Waals surface area contributed by atoms with Crippen LogP contribution in [0.25, 0.3) is 0 Å². The van der Waals surface area contributed by atoms with Crippen molar-refractivity contribution in [1.82, 2.24) is 10.2 Å². The summed E-state index contributed by atoms with van der Waals surface area (Å²) < 4.78 is 0. The van der Waals surface area contributed by atoms with Crippen LogP contribution in [0.5, 0.6) is 0 Å². The highest BCUT2D eigenvalue weighted by molar-refractivity contribution is 4.89. The molecule has 2 nitrogen and oxygen atoms in total. The van der Waals surface area contributed by atoms with Gasteiger partial charge in [-0.15, -0.1) is 0 Å². The second-order valence-electron chi connectivity index (χ2n) is 5.19. The molecule has 0 spiro atoms. The van der Waals surface area contributed by atoms with Gasteiger partial charge in [0.05, 0.1) is 0 Å². The molecule has 0 aromatic rings. The van der Waals surface area contributed by atoms with E-state index in [0.29, 0.717) is 17.6 Å². The van der Waals surface area contributed by atoms with Gasteiger partial charge in [0, 0.05) is 30.7 Å². The molecular weight excluding hydrogens is 160 g/mol. The molecule has 1 N–H and O–H groups in total. The van der Waals surface area contributed by atoms with Gasteiger partial charge < -0.3 is 5.32 Å². The van der Waals surface area contributed by atoms with Gasteiger partial charge in [0.2, 0.25) is 0 Å². The highest BCUT2D eigenvalue weighted by Gasteiger charge is 2.31. The lowest BCUT2D eigenvalue weighted by atomic mass is 9.98. The topological polar surface area (TPSA) is 15.3 Å². The van der Waals surface area contributed by atoms with Crippen LogP contribution in [0, 0.1) is 0 Å². The van der Waals surface area contributed by atoms with Crippen molar-refractivity contribution in [3.8, 4) is 0 Å². The average molecular weight is 184 g/mol. The van der Waals surface area contributed by atoms with Crippen molar-refractivity contribution >= 4 is 0 Å². The van der Waals surface area contributed by atoms with Gasteiger partial charge in [0.25, 0.3) is 0 Å². The van der Waals surface area contributed by atoms with Crippen LogP contribution in [0.1, 0.15) is 41.0 Å². The molecule has 0 radical (unpaired) electrons. The SMILES string of the molecule is CCC1CN(C(C)(C)C)C(C)CN1. The van der Waals surface area contributed by atoms with Crippen molar-refractivity contribution in [3.05, 3.63) is 0 Å². The predicted molar refractivity (Wildman–Crippen MR) is 58.0 cm³/mol. The number of piperazine rings is 1. The van der Waals surface area contributed by atoms with E-state index in [-0.39, 0.29) is 0 Å². The fourth-order valence-electron chi connectivity index (χ4n) is 2.14. The minimum atomic E-state index is 0.314. The van der Waals surface area contributed by atoms with Gasteiger partial charge >= 0.3 is 0 Å². The highest BCUT2D eigenvalue weighted by Crippen LogP contribution is 2.20. The average Bonchev–Trinajstić information content (AvgIpc) is 2.03. The zero-order chi connectivity index (χ0) is 10.1. The van der Waals surface area contributed by atoms with E-state index in [1.165, 1.54) is 13.0 Å². The highest BCUT2D eigenvalue weighted by atomic mass is 15.3. The summed E-state index contributed by atoms with van der Waals surface area (Å²) in [6, 6.07) is 1.36. The standard InChI is InChI=1S/C11H24N2/c1-6-10-8-13(11(3,4)5)9(2)7-12-10/h9-10,12H,6-8H2,1-5H3. The van der Waals surface area contributed by atoms with E-state index in [2.05, 4.69) is 44.8 Å². The third-order valence-corrected chi connectivity index (χ3v) is 3.01. The van der Waals surface area contributed by atoms with E-state index < -0.39 is 0 Å². The van der Waals surface area contributed by atoms with Gasteiger partial charge in [0.15, 0.2) is 0 Å². The van der Waals surface area contributed by atoms with Crippen LogP contribution in [0.3, 0.4) is 0 Å². The van der Waals surface area contributed by atoms with Crippen molar-refractivity contribution in [2.24, 2.45) is 0 Å². The Morgan fingerprint density at radius 2 is 2.00 bits per heavy atom. The molecule has 0 aromatic heterocycles. The summed E-state index contributed by atoms with van der Waals surface area (Å²) in [5.74, 6) is 0. The molecule has 13 heavy (non-hydrogen) atoms. The number of nitrogens with one attached hydrogen (secondary N) is 1. The first kappa shape index (κ1) is 11.0. The molecule has 2 heteroatoms. The van der Waals surface area contributed by atoms with Crippen LogP contribution < -0.4 is 5.32 Å². The third kappa shape index (κ3) is 2.68. The smallest absolute Gasteiger partial charge is 0.0198 e. The molecule has 0 bridgehead atoms. The zero-order valence-electron chi connectivity index (χ0n) is 9.72. The maximum absolute atomic E-state index is 3.58. The summed E-state index contributed by atoms with van der Waals surface area (Å²) >= 11 is 0. The van der Waals surface area contributed by atoms with Crippen LogP contribution in [-0.4, -0.2) is 35.6 Å². The quantitative estimate of drug-likeness (QED) is 0.669. The van der Waals surface area contributed by atoms with E-state index in [4.69, 9.17) is 0 Å². The lowest BCUT2D eigenvalue weighted by Crippen LogP contribution is -2.60. The Morgan fingerprint density at radius 3 is 2.46 bits per heavy atom. The van der Waals surface area contributed by atoms with E-state index in [9.17, 15) is 0 Å². The van der Waals surface area contributed by atoms with Crippen molar-refractivity contribution < 1.29 is 0 Å². The Hall–Kier alpha value is -0.0800. The van der Waals surface area contributed by atoms with E-state index in [0.717, 1.165) is 6.54 Å². The fraction of sp³-hybridized carbons (Fsp3) is 1.00. The van der Waals surface area contributed by atoms with Crippen LogP contribution in [0.4, 0.5) is 0 Å². The summed E-state index contributed by atoms with van der Waals surface area (Å²) in [5, 5.41) is 3.58. The Kier molecular flexibility index (Phi) is 3.36. The summed E-state index contributed by atoms with van der Waals surface area (Å²) in [4.78, 5) is 2.61. The molecule has 2 unspecified atom stereocenters. The number of nitrogens with zero attached hydrogens (tertiary/aromatic N) is 1. The third-order valence-electron chi connectivity index (χ3n) is 3.01. The number of rotatable bonds is 1. The fourth-order valence-corrected chi connectivity index (χ4v) is 2.14. The minimum absolute atomic E-state index is 0.314. The van der Waals surface area contributed by atoms with Crippen LogP contribution >= 0.6 is 0 Å². The molecule has 0 aromatic carbocycles. The zero-order valence-corrected chi connectivity index (χ0v) is 9.72. The molecule has 1 fully saturated rings. The lowest BCUT2D eigenvalue weighted by molar-refractivity contribution is 0.0490. The predicted octanol–water partition coefficient (Wildman–Crippen LogP) is 1.86. The van der Waals surface area contributed by atoms with Crippen molar-refractivity contribution in [2.75, 3.05) is 13.1 Å². The summed E-state index contributed by atoms with van der Waals surface area (Å²) in [6.45, 7) is 13.8. The number of hydrogen-bond acceptors (Lipinski definition) is 2. The number of hydrogen-bond donors (Lipinski definition) is 1. The van der Waals surface area contributed by atoms with Crippen molar-refractivity contribution in [1.29, 1.82) is 0 Å². The van der Waals surface area contributed by atoms with E-state index >= 15 is 0 Å². The summed E-state index contributed by atoms with van der Waals surface area (Å²) in [7, 11) is 0. The molecule has 0 aliphatic carbocycles. The largest absolute Gasteiger partial charge is 0.311 e. The Balaban J connectivity index is 2.60. The minimum Gasteiger partial charge on any atom is -0.311 e. The summed E-state index contributed by atoms with van der Waals surface area (Å²) in [6.07, 6.45) is 1.24. The first-order chi connectivity index (χ1) is 5.95. The van der Waals surface area contributed by atoms with Crippen LogP contribution in [-0.2, 0) is 0 Å². The van der Waals surface area contributed by atoms with Crippen LogP contribution in [0.15, 0.2) is 0 Å². The van der Waals surface area contributed by atoms with Gasteiger partial charge in [-0.1, -0.05) is 6.92 Å². The second kappa shape index (κ2) is 3.97. The first-order valence-electron chi connectivity index (χ1n) is 5.45. The lowest BCUT2D eigenvalue weighted by Gasteiger charge is -2.46. The van der Waals surface area contributed by atoms with Crippen molar-refractivity contribution in [3.63, 3.8) is 0 Å². The molecular formula is C11H24N2. The summed E-state index contributed by atoms with van der Waals surface area (Å²) in [5.41, 5.74) is 0.314. The Bertz CT molecular complexity index is 160. The Morgan fingerprint density at radius 1 is 1.38 bits per heavy atom. The molecule has 1 rings (SSSR count). The second-order valence-corrected chi connectivity index (χ2v) is 5.19. The molecule has 78 valence electrons. The molecule has 1 aliphatic rings. The molecule has 0 saturated carbocycles. The molecule has 1 saturated heterocycles. The van der Waals surface area contributed by atoms with Gasteiger partial charge in [0.1, 0.15) is 0 Å². The van der Waals surface area contributed by atoms with Gasteiger partial charge in [-0.3, -0.25) is 4.90 Å². The molecule has 1 aliphatic heterocycles. The van der Waals surface area contributed by atoms with Gasteiger partial charge in [-0.25, -0.2) is 0 Å². The normalized spacial score (nSPS) is 32.1. The molecule has 1 heterocycles. The van der Waals surface area contributed by atoms with Gasteiger partial charge in [-0.05, 0) is 34.1 Å². The Labute approximate surface area is 82.7 Å². The van der Waals surface area contributed by atoms with Crippen molar-refractivity contribution in [2.45, 2.75) is 58.7 Å². The van der Waals surface area contributed by atoms with Crippen LogP contribution in [0.2, 0.25) is 0 Å². The van der Waals surface area contributed by atoms with E-state index in [1.807, 2.05) is 0 Å². The monoisotopic (exact) mass is 184 g/mol. The van der Waals surface area contributed by atoms with Gasteiger partial charge in [-0.2, -0.15) is 0 Å². The molecule has 2 atom stereocenters. The van der Waals surface area contributed by atoms with E-state index in [1.54, 1.807) is 0 Å². The molecule has 0 amide bonds. The first-order valence-corrected chi connectivity index (χ1v) is 5.45. The maximum Gasteiger partial charge on any atom is 0.0198 e.